The first-order valence-electron chi connectivity index (χ1n) is 7.18. The fourth-order valence-corrected chi connectivity index (χ4v) is 1.96. The second-order valence-electron chi connectivity index (χ2n) is 4.71. The molecule has 0 saturated carbocycles. The van der Waals surface area contributed by atoms with E-state index >= 15 is 0 Å². The van der Waals surface area contributed by atoms with E-state index in [0.29, 0.717) is 18.3 Å². The molecule has 0 saturated heterocycles. The zero-order chi connectivity index (χ0) is 14.9. The summed E-state index contributed by atoms with van der Waals surface area (Å²) in [5.41, 5.74) is 3.80. The summed E-state index contributed by atoms with van der Waals surface area (Å²) in [6, 6.07) is 5.74. The number of nitrogens with zero attached hydrogens (tertiary/aromatic N) is 3. The molecular weight excluding hydrogens is 266 g/mol. The Morgan fingerprint density at radius 2 is 2.00 bits per heavy atom. The summed E-state index contributed by atoms with van der Waals surface area (Å²) in [5, 5.41) is 0. The van der Waals surface area contributed by atoms with Crippen molar-refractivity contribution in [2.45, 2.75) is 32.6 Å². The van der Waals surface area contributed by atoms with Gasteiger partial charge in [-0.1, -0.05) is 6.92 Å². The van der Waals surface area contributed by atoms with Crippen LogP contribution in [0.2, 0.25) is 0 Å². The minimum atomic E-state index is 0.566. The van der Waals surface area contributed by atoms with Gasteiger partial charge in [0.15, 0.2) is 0 Å². The van der Waals surface area contributed by atoms with Gasteiger partial charge in [-0.05, 0) is 37.0 Å². The third-order valence-corrected chi connectivity index (χ3v) is 2.98. The van der Waals surface area contributed by atoms with E-state index < -0.39 is 0 Å². The summed E-state index contributed by atoms with van der Waals surface area (Å²) in [6.07, 6.45) is 7.27. The molecule has 0 aliphatic carbocycles. The predicted molar refractivity (Wildman–Crippen MR) is 81.9 cm³/mol. The van der Waals surface area contributed by atoms with Gasteiger partial charge in [0.1, 0.15) is 11.6 Å². The number of hydrogen-bond donors (Lipinski definition) is 2. The largest absolute Gasteiger partial charge is 0.478 e. The van der Waals surface area contributed by atoms with Crippen LogP contribution in [0, 0.1) is 0 Å². The van der Waals surface area contributed by atoms with Gasteiger partial charge >= 0.3 is 0 Å². The van der Waals surface area contributed by atoms with Gasteiger partial charge in [-0.15, -0.1) is 0 Å². The Hall–Kier alpha value is -2.21. The average Bonchev–Trinajstić information content (AvgIpc) is 2.53. The van der Waals surface area contributed by atoms with Gasteiger partial charge in [0.05, 0.1) is 6.61 Å². The van der Waals surface area contributed by atoms with E-state index in [2.05, 4.69) is 27.3 Å². The lowest BCUT2D eigenvalue weighted by Crippen LogP contribution is -2.11. The van der Waals surface area contributed by atoms with Crippen molar-refractivity contribution < 1.29 is 4.74 Å². The molecule has 0 spiro atoms. The van der Waals surface area contributed by atoms with Crippen molar-refractivity contribution in [1.82, 2.24) is 15.0 Å². The third kappa shape index (κ3) is 5.00. The molecule has 2 aromatic rings. The third-order valence-electron chi connectivity index (χ3n) is 2.98. The molecule has 0 atom stereocenters. The second kappa shape index (κ2) is 8.16. The molecule has 6 heteroatoms. The molecule has 112 valence electrons. The van der Waals surface area contributed by atoms with E-state index in [1.165, 1.54) is 5.56 Å². The summed E-state index contributed by atoms with van der Waals surface area (Å²) in [4.78, 5) is 12.7. The maximum Gasteiger partial charge on any atom is 0.218 e. The standard InChI is InChI=1S/C15H21N5O/c1-2-4-13-18-14(20-16)11-15(19-13)21-10-3-5-12-6-8-17-9-7-12/h6-9,11H,2-5,10,16H2,1H3,(H,18,19,20). The Balaban J connectivity index is 1.86. The zero-order valence-electron chi connectivity index (χ0n) is 12.2. The molecule has 6 nitrogen and oxygen atoms in total. The number of nitrogens with one attached hydrogen (secondary N) is 1. The number of pyridine rings is 1. The number of nitrogen functional groups attached to an aromatic ring is 1. The summed E-state index contributed by atoms with van der Waals surface area (Å²) >= 11 is 0. The molecule has 0 aliphatic rings. The lowest BCUT2D eigenvalue weighted by Gasteiger charge is -2.09. The zero-order valence-corrected chi connectivity index (χ0v) is 12.2. The van der Waals surface area contributed by atoms with Crippen LogP contribution in [0.1, 0.15) is 31.2 Å². The Morgan fingerprint density at radius 1 is 1.19 bits per heavy atom. The lowest BCUT2D eigenvalue weighted by atomic mass is 10.1. The molecule has 0 radical (unpaired) electrons. The van der Waals surface area contributed by atoms with Crippen LogP contribution in [0.25, 0.3) is 0 Å². The highest BCUT2D eigenvalue weighted by atomic mass is 16.5. The van der Waals surface area contributed by atoms with Crippen LogP contribution >= 0.6 is 0 Å². The van der Waals surface area contributed by atoms with E-state index in [1.54, 1.807) is 18.5 Å². The highest BCUT2D eigenvalue weighted by Crippen LogP contribution is 2.14. The molecular formula is C15H21N5O. The van der Waals surface area contributed by atoms with Crippen LogP contribution in [-0.2, 0) is 12.8 Å². The second-order valence-corrected chi connectivity index (χ2v) is 4.71. The van der Waals surface area contributed by atoms with Crippen molar-refractivity contribution in [2.24, 2.45) is 5.84 Å². The van der Waals surface area contributed by atoms with Crippen molar-refractivity contribution in [3.05, 3.63) is 42.0 Å². The molecule has 0 bridgehead atoms. The molecule has 21 heavy (non-hydrogen) atoms. The van der Waals surface area contributed by atoms with Crippen LogP contribution < -0.4 is 16.0 Å². The fourth-order valence-electron chi connectivity index (χ4n) is 1.96. The predicted octanol–water partition coefficient (Wildman–Crippen LogP) is 2.12. The average molecular weight is 287 g/mol. The fraction of sp³-hybridized carbons (Fsp3) is 0.400. The van der Waals surface area contributed by atoms with Gasteiger partial charge in [-0.25, -0.2) is 10.8 Å². The molecule has 0 aliphatic heterocycles. The Morgan fingerprint density at radius 3 is 2.71 bits per heavy atom. The Bertz CT molecular complexity index is 547. The van der Waals surface area contributed by atoms with Crippen LogP contribution in [0.3, 0.4) is 0 Å². The number of hydrazine groups is 1. The topological polar surface area (TPSA) is 86.0 Å². The molecule has 2 rings (SSSR count). The van der Waals surface area contributed by atoms with Crippen molar-refractivity contribution >= 4 is 5.82 Å². The highest BCUT2D eigenvalue weighted by molar-refractivity contribution is 5.37. The van der Waals surface area contributed by atoms with E-state index in [0.717, 1.165) is 31.5 Å². The molecule has 0 fully saturated rings. The van der Waals surface area contributed by atoms with E-state index in [1.807, 2.05) is 12.1 Å². The van der Waals surface area contributed by atoms with Gasteiger partial charge < -0.3 is 10.2 Å². The Kier molecular flexibility index (Phi) is 5.90. The number of anilines is 1. The van der Waals surface area contributed by atoms with Crippen LogP contribution in [0.4, 0.5) is 5.82 Å². The minimum absolute atomic E-state index is 0.566. The smallest absolute Gasteiger partial charge is 0.218 e. The monoisotopic (exact) mass is 287 g/mol. The minimum Gasteiger partial charge on any atom is -0.478 e. The Labute approximate surface area is 124 Å². The number of hydrogen-bond acceptors (Lipinski definition) is 6. The maximum absolute atomic E-state index is 5.69. The van der Waals surface area contributed by atoms with E-state index in [-0.39, 0.29) is 0 Å². The number of aromatic nitrogens is 3. The van der Waals surface area contributed by atoms with Crippen LogP contribution in [-0.4, -0.2) is 21.6 Å². The first-order valence-corrected chi connectivity index (χ1v) is 7.18. The molecule has 0 amide bonds. The summed E-state index contributed by atoms with van der Waals surface area (Å²) in [6.45, 7) is 2.69. The van der Waals surface area contributed by atoms with Crippen molar-refractivity contribution in [1.29, 1.82) is 0 Å². The van der Waals surface area contributed by atoms with Crippen molar-refractivity contribution in [2.75, 3.05) is 12.0 Å². The SMILES string of the molecule is CCCc1nc(NN)cc(OCCCc2ccncc2)n1. The van der Waals surface area contributed by atoms with Crippen molar-refractivity contribution in [3.8, 4) is 5.88 Å². The van der Waals surface area contributed by atoms with E-state index in [9.17, 15) is 0 Å². The van der Waals surface area contributed by atoms with Gasteiger partial charge in [0.25, 0.3) is 0 Å². The summed E-state index contributed by atoms with van der Waals surface area (Å²) in [5.74, 6) is 7.31. The number of nitrogens with two attached hydrogens (primary N) is 1. The first-order chi connectivity index (χ1) is 10.3. The van der Waals surface area contributed by atoms with Crippen molar-refractivity contribution in [3.63, 3.8) is 0 Å². The van der Waals surface area contributed by atoms with Gasteiger partial charge in [-0.2, -0.15) is 4.98 Å². The number of rotatable bonds is 8. The number of aryl methyl sites for hydroxylation is 2. The molecule has 2 heterocycles. The number of ether oxygens (including phenoxy) is 1. The molecule has 2 aromatic heterocycles. The van der Waals surface area contributed by atoms with Crippen LogP contribution in [0.15, 0.2) is 30.6 Å². The maximum atomic E-state index is 5.69. The van der Waals surface area contributed by atoms with Crippen LogP contribution in [0.5, 0.6) is 5.88 Å². The summed E-state index contributed by atoms with van der Waals surface area (Å²) in [7, 11) is 0. The lowest BCUT2D eigenvalue weighted by molar-refractivity contribution is 0.298. The molecule has 3 N–H and O–H groups in total. The summed E-state index contributed by atoms with van der Waals surface area (Å²) < 4.78 is 5.69. The normalized spacial score (nSPS) is 10.4. The van der Waals surface area contributed by atoms with Gasteiger partial charge in [0.2, 0.25) is 5.88 Å². The van der Waals surface area contributed by atoms with Gasteiger partial charge in [0, 0.05) is 24.9 Å². The molecule has 0 unspecified atom stereocenters. The van der Waals surface area contributed by atoms with Gasteiger partial charge in [-0.3, -0.25) is 4.98 Å². The highest BCUT2D eigenvalue weighted by Gasteiger charge is 2.04. The first kappa shape index (κ1) is 15.2. The molecule has 0 aromatic carbocycles. The van der Waals surface area contributed by atoms with E-state index in [4.69, 9.17) is 10.6 Å². The quantitative estimate of drug-likeness (QED) is 0.439.